The van der Waals surface area contributed by atoms with Gasteiger partial charge in [0.15, 0.2) is 6.61 Å². The minimum Gasteiger partial charge on any atom is -0.482 e. The van der Waals surface area contributed by atoms with E-state index in [4.69, 9.17) is 9.84 Å². The van der Waals surface area contributed by atoms with Crippen molar-refractivity contribution in [3.8, 4) is 5.75 Å². The molecule has 0 saturated heterocycles. The van der Waals surface area contributed by atoms with Crippen LogP contribution in [0.4, 0.5) is 0 Å². The standard InChI is InChI=1S/C21H24N2O4/c1-14(15-7-11-18(12-8-15)27-13-19(24)25)22-23-20(26)16-5-9-17(10-6-16)21(2,3)4/h5-12H,13H2,1-4H3,(H,23,26)(H,24,25)/b22-14-. The van der Waals surface area contributed by atoms with Crippen LogP contribution in [0.3, 0.4) is 0 Å². The van der Waals surface area contributed by atoms with E-state index in [9.17, 15) is 9.59 Å². The molecule has 6 nitrogen and oxygen atoms in total. The molecule has 0 aromatic heterocycles. The monoisotopic (exact) mass is 368 g/mol. The third kappa shape index (κ3) is 5.95. The molecule has 0 aliphatic heterocycles. The maximum absolute atomic E-state index is 12.3. The van der Waals surface area contributed by atoms with Crippen molar-refractivity contribution in [2.45, 2.75) is 33.1 Å². The highest BCUT2D eigenvalue weighted by molar-refractivity contribution is 6.00. The summed E-state index contributed by atoms with van der Waals surface area (Å²) in [7, 11) is 0. The average molecular weight is 368 g/mol. The average Bonchev–Trinajstić information content (AvgIpc) is 2.64. The number of nitrogens with zero attached hydrogens (tertiary/aromatic N) is 1. The van der Waals surface area contributed by atoms with E-state index >= 15 is 0 Å². The van der Waals surface area contributed by atoms with Crippen LogP contribution in [-0.2, 0) is 10.2 Å². The molecule has 0 spiro atoms. The quantitative estimate of drug-likeness (QED) is 0.602. The SMILES string of the molecule is C/C(=N/NC(=O)c1ccc(C(C)(C)C)cc1)c1ccc(OCC(=O)O)cc1. The van der Waals surface area contributed by atoms with Crippen molar-refractivity contribution in [1.29, 1.82) is 0 Å². The van der Waals surface area contributed by atoms with E-state index in [2.05, 4.69) is 31.3 Å². The number of hydrogen-bond acceptors (Lipinski definition) is 4. The highest BCUT2D eigenvalue weighted by Gasteiger charge is 2.14. The van der Waals surface area contributed by atoms with E-state index in [1.165, 1.54) is 0 Å². The Labute approximate surface area is 158 Å². The summed E-state index contributed by atoms with van der Waals surface area (Å²) >= 11 is 0. The Morgan fingerprint density at radius 2 is 1.56 bits per heavy atom. The van der Waals surface area contributed by atoms with Gasteiger partial charge in [-0.3, -0.25) is 4.79 Å². The number of carbonyl (C=O) groups is 2. The second-order valence-corrected chi connectivity index (χ2v) is 7.17. The minimum atomic E-state index is -1.03. The number of carbonyl (C=O) groups excluding carboxylic acids is 1. The Morgan fingerprint density at radius 3 is 2.07 bits per heavy atom. The summed E-state index contributed by atoms with van der Waals surface area (Å²) in [5.74, 6) is -0.858. The van der Waals surface area contributed by atoms with Gasteiger partial charge in [-0.2, -0.15) is 5.10 Å². The fourth-order valence-corrected chi connectivity index (χ4v) is 2.32. The van der Waals surface area contributed by atoms with Gasteiger partial charge in [0, 0.05) is 5.56 Å². The smallest absolute Gasteiger partial charge is 0.341 e. The van der Waals surface area contributed by atoms with Crippen LogP contribution in [0.25, 0.3) is 0 Å². The van der Waals surface area contributed by atoms with Gasteiger partial charge in [0.2, 0.25) is 0 Å². The van der Waals surface area contributed by atoms with Crippen LogP contribution in [-0.4, -0.2) is 29.3 Å². The van der Waals surface area contributed by atoms with Crippen molar-refractivity contribution in [3.05, 3.63) is 65.2 Å². The number of nitrogens with one attached hydrogen (secondary N) is 1. The van der Waals surface area contributed by atoms with Crippen LogP contribution in [0, 0.1) is 0 Å². The van der Waals surface area contributed by atoms with Gasteiger partial charge in [-0.1, -0.05) is 32.9 Å². The Kier molecular flexibility index (Phi) is 6.34. The second kappa shape index (κ2) is 8.49. The van der Waals surface area contributed by atoms with Gasteiger partial charge >= 0.3 is 5.97 Å². The normalized spacial score (nSPS) is 11.8. The molecule has 0 fully saturated rings. The molecule has 1 amide bonds. The predicted octanol–water partition coefficient (Wildman–Crippen LogP) is 3.60. The second-order valence-electron chi connectivity index (χ2n) is 7.17. The Balaban J connectivity index is 1.99. The molecule has 0 radical (unpaired) electrons. The number of carboxylic acid groups (broad SMARTS) is 1. The largest absolute Gasteiger partial charge is 0.482 e. The first-order valence-corrected chi connectivity index (χ1v) is 8.57. The third-order valence-electron chi connectivity index (χ3n) is 3.97. The summed E-state index contributed by atoms with van der Waals surface area (Å²) in [4.78, 5) is 22.7. The molecular weight excluding hydrogens is 344 g/mol. The fourth-order valence-electron chi connectivity index (χ4n) is 2.32. The number of amides is 1. The lowest BCUT2D eigenvalue weighted by Crippen LogP contribution is -2.20. The molecule has 2 aromatic carbocycles. The summed E-state index contributed by atoms with van der Waals surface area (Å²) in [5.41, 5.74) is 5.69. The van der Waals surface area contributed by atoms with E-state index in [0.29, 0.717) is 17.0 Å². The maximum atomic E-state index is 12.3. The van der Waals surface area contributed by atoms with Crippen LogP contribution in [0.2, 0.25) is 0 Å². The van der Waals surface area contributed by atoms with Crippen molar-refractivity contribution in [1.82, 2.24) is 5.43 Å². The zero-order valence-corrected chi connectivity index (χ0v) is 15.9. The predicted molar refractivity (Wildman–Crippen MR) is 104 cm³/mol. The zero-order chi connectivity index (χ0) is 20.0. The first-order chi connectivity index (χ1) is 12.7. The van der Waals surface area contributed by atoms with Gasteiger partial charge < -0.3 is 9.84 Å². The zero-order valence-electron chi connectivity index (χ0n) is 15.9. The summed E-state index contributed by atoms with van der Waals surface area (Å²) < 4.78 is 5.08. The molecule has 0 aliphatic carbocycles. The van der Waals surface area contributed by atoms with Crippen molar-refractivity contribution in [3.63, 3.8) is 0 Å². The molecule has 0 aliphatic rings. The fraction of sp³-hybridized carbons (Fsp3) is 0.286. The van der Waals surface area contributed by atoms with Gasteiger partial charge in [0.25, 0.3) is 5.91 Å². The molecule has 0 atom stereocenters. The molecule has 0 heterocycles. The molecule has 142 valence electrons. The minimum absolute atomic E-state index is 0.0318. The molecule has 6 heteroatoms. The third-order valence-corrected chi connectivity index (χ3v) is 3.97. The molecule has 0 saturated carbocycles. The summed E-state index contributed by atoms with van der Waals surface area (Å²) in [5, 5.41) is 12.7. The van der Waals surface area contributed by atoms with Crippen molar-refractivity contribution in [2.24, 2.45) is 5.10 Å². The first kappa shape index (κ1) is 20.2. The summed E-state index contributed by atoms with van der Waals surface area (Å²) in [6.45, 7) is 7.74. The maximum Gasteiger partial charge on any atom is 0.341 e. The van der Waals surface area contributed by atoms with Gasteiger partial charge in [0.1, 0.15) is 5.75 Å². The topological polar surface area (TPSA) is 88.0 Å². The molecular formula is C21H24N2O4. The van der Waals surface area contributed by atoms with Gasteiger partial charge in [0.05, 0.1) is 5.71 Å². The molecule has 0 unspecified atom stereocenters. The van der Waals surface area contributed by atoms with Crippen LogP contribution >= 0.6 is 0 Å². The summed E-state index contributed by atoms with van der Waals surface area (Å²) in [6.07, 6.45) is 0. The van der Waals surface area contributed by atoms with Gasteiger partial charge in [-0.25, -0.2) is 10.2 Å². The van der Waals surface area contributed by atoms with Crippen LogP contribution in [0.15, 0.2) is 53.6 Å². The number of rotatable bonds is 6. The number of carboxylic acids is 1. The van der Waals surface area contributed by atoms with E-state index in [1.807, 2.05) is 12.1 Å². The number of benzene rings is 2. The van der Waals surface area contributed by atoms with Gasteiger partial charge in [-0.05, 0) is 59.9 Å². The van der Waals surface area contributed by atoms with Crippen molar-refractivity contribution in [2.75, 3.05) is 6.61 Å². The van der Waals surface area contributed by atoms with E-state index < -0.39 is 12.6 Å². The Morgan fingerprint density at radius 1 is 1.00 bits per heavy atom. The van der Waals surface area contributed by atoms with Crippen LogP contribution in [0.1, 0.15) is 49.2 Å². The molecule has 0 bridgehead atoms. The lowest BCUT2D eigenvalue weighted by atomic mass is 9.87. The van der Waals surface area contributed by atoms with E-state index in [0.717, 1.165) is 11.1 Å². The Bertz CT molecular complexity index is 832. The lowest BCUT2D eigenvalue weighted by molar-refractivity contribution is -0.139. The number of hydrazone groups is 1. The molecule has 2 N–H and O–H groups in total. The van der Waals surface area contributed by atoms with Crippen LogP contribution < -0.4 is 10.2 Å². The molecule has 2 aromatic rings. The highest BCUT2D eigenvalue weighted by atomic mass is 16.5. The molecule has 2 rings (SSSR count). The number of aliphatic carboxylic acids is 1. The van der Waals surface area contributed by atoms with E-state index in [-0.39, 0.29) is 11.3 Å². The highest BCUT2D eigenvalue weighted by Crippen LogP contribution is 2.22. The number of ether oxygens (including phenoxy) is 1. The van der Waals surface area contributed by atoms with E-state index in [1.54, 1.807) is 43.3 Å². The number of hydrogen-bond donors (Lipinski definition) is 2. The first-order valence-electron chi connectivity index (χ1n) is 8.57. The van der Waals surface area contributed by atoms with Crippen molar-refractivity contribution >= 4 is 17.6 Å². The van der Waals surface area contributed by atoms with Gasteiger partial charge in [-0.15, -0.1) is 0 Å². The van der Waals surface area contributed by atoms with Crippen molar-refractivity contribution < 1.29 is 19.4 Å². The Hall–Kier alpha value is -3.15. The lowest BCUT2D eigenvalue weighted by Gasteiger charge is -2.18. The molecule has 27 heavy (non-hydrogen) atoms. The summed E-state index contributed by atoms with van der Waals surface area (Å²) in [6, 6.07) is 14.3. The van der Waals surface area contributed by atoms with Crippen LogP contribution in [0.5, 0.6) is 5.75 Å².